The van der Waals surface area contributed by atoms with E-state index in [1.54, 1.807) is 0 Å². The Balaban J connectivity index is 1.83. The van der Waals surface area contributed by atoms with Crippen LogP contribution in [0.15, 0.2) is 46.3 Å². The molecule has 0 saturated carbocycles. The van der Waals surface area contributed by atoms with Crippen LogP contribution in [0, 0.1) is 0 Å². The first-order chi connectivity index (χ1) is 7.34. The summed E-state index contributed by atoms with van der Waals surface area (Å²) in [5.74, 6) is 0. The van der Waals surface area contributed by atoms with Gasteiger partial charge in [0, 0.05) is 21.6 Å². The van der Waals surface area contributed by atoms with Gasteiger partial charge in [0.05, 0.1) is 0 Å². The average Bonchev–Trinajstić information content (AvgIpc) is 2.71. The van der Waals surface area contributed by atoms with Crippen LogP contribution in [0.2, 0.25) is 0 Å². The molecule has 1 aromatic carbocycles. The zero-order chi connectivity index (χ0) is 10.5. The third kappa shape index (κ3) is 3.36. The van der Waals surface area contributed by atoms with Crippen LogP contribution in [-0.4, -0.2) is 6.54 Å². The van der Waals surface area contributed by atoms with Crippen molar-refractivity contribution in [3.63, 3.8) is 0 Å². The SMILES string of the molecule is Brc1cccc(NCCc2cccs2)c1. The van der Waals surface area contributed by atoms with Gasteiger partial charge in [0.15, 0.2) is 0 Å². The first-order valence-electron chi connectivity index (χ1n) is 4.86. The van der Waals surface area contributed by atoms with E-state index in [0.29, 0.717) is 0 Å². The van der Waals surface area contributed by atoms with Crippen molar-refractivity contribution >= 4 is 33.0 Å². The molecule has 1 aromatic heterocycles. The molecule has 0 amide bonds. The molecule has 3 heteroatoms. The van der Waals surface area contributed by atoms with Crippen LogP contribution >= 0.6 is 27.3 Å². The van der Waals surface area contributed by atoms with Gasteiger partial charge in [-0.15, -0.1) is 11.3 Å². The number of rotatable bonds is 4. The van der Waals surface area contributed by atoms with Gasteiger partial charge in [-0.2, -0.15) is 0 Å². The maximum absolute atomic E-state index is 3.45. The highest BCUT2D eigenvalue weighted by molar-refractivity contribution is 9.10. The Morgan fingerprint density at radius 3 is 2.87 bits per heavy atom. The molecule has 0 unspecified atom stereocenters. The first kappa shape index (κ1) is 10.7. The topological polar surface area (TPSA) is 12.0 Å². The fourth-order valence-corrected chi connectivity index (χ4v) is 2.49. The Morgan fingerprint density at radius 1 is 1.20 bits per heavy atom. The summed E-state index contributed by atoms with van der Waals surface area (Å²) in [5.41, 5.74) is 1.17. The minimum Gasteiger partial charge on any atom is -0.385 e. The minimum absolute atomic E-state index is 0.983. The molecule has 0 fully saturated rings. The van der Waals surface area contributed by atoms with Crippen LogP contribution in [0.25, 0.3) is 0 Å². The van der Waals surface area contributed by atoms with Gasteiger partial charge in [-0.1, -0.05) is 28.1 Å². The number of benzene rings is 1. The third-order valence-electron chi connectivity index (χ3n) is 2.11. The molecule has 0 saturated heterocycles. The maximum atomic E-state index is 3.45. The highest BCUT2D eigenvalue weighted by Crippen LogP contribution is 2.16. The Kier molecular flexibility index (Phi) is 3.80. The molecule has 0 aliphatic carbocycles. The van der Waals surface area contributed by atoms with Crippen LogP contribution in [0.3, 0.4) is 0 Å². The summed E-state index contributed by atoms with van der Waals surface area (Å²) >= 11 is 5.27. The Hall–Kier alpha value is -0.800. The highest BCUT2D eigenvalue weighted by atomic mass is 79.9. The summed E-state index contributed by atoms with van der Waals surface area (Å²) in [5, 5.41) is 5.52. The Labute approximate surface area is 102 Å². The van der Waals surface area contributed by atoms with Crippen molar-refractivity contribution in [2.45, 2.75) is 6.42 Å². The number of hydrogen-bond donors (Lipinski definition) is 1. The predicted octanol–water partition coefficient (Wildman–Crippen LogP) is 4.17. The smallest absolute Gasteiger partial charge is 0.0351 e. The quantitative estimate of drug-likeness (QED) is 0.887. The fraction of sp³-hybridized carbons (Fsp3) is 0.167. The largest absolute Gasteiger partial charge is 0.385 e. The van der Waals surface area contributed by atoms with Crippen molar-refractivity contribution in [1.82, 2.24) is 0 Å². The molecule has 0 spiro atoms. The van der Waals surface area contributed by atoms with E-state index in [1.807, 2.05) is 23.5 Å². The molecule has 0 radical (unpaired) electrons. The van der Waals surface area contributed by atoms with Gasteiger partial charge in [0.2, 0.25) is 0 Å². The summed E-state index contributed by atoms with van der Waals surface area (Å²) in [6, 6.07) is 12.5. The fourth-order valence-electron chi connectivity index (χ4n) is 1.38. The van der Waals surface area contributed by atoms with Crippen molar-refractivity contribution in [3.8, 4) is 0 Å². The van der Waals surface area contributed by atoms with E-state index in [0.717, 1.165) is 17.4 Å². The molecule has 78 valence electrons. The molecule has 0 aliphatic heterocycles. The third-order valence-corrected chi connectivity index (χ3v) is 3.53. The lowest BCUT2D eigenvalue weighted by Crippen LogP contribution is -2.03. The summed E-state index contributed by atoms with van der Waals surface area (Å²) in [6.07, 6.45) is 1.09. The monoisotopic (exact) mass is 281 g/mol. The van der Waals surface area contributed by atoms with Crippen molar-refractivity contribution in [3.05, 3.63) is 51.1 Å². The van der Waals surface area contributed by atoms with Gasteiger partial charge in [-0.3, -0.25) is 0 Å². The lowest BCUT2D eigenvalue weighted by molar-refractivity contribution is 1.04. The van der Waals surface area contributed by atoms with E-state index >= 15 is 0 Å². The molecular formula is C12H12BrNS. The van der Waals surface area contributed by atoms with Gasteiger partial charge < -0.3 is 5.32 Å². The number of hydrogen-bond acceptors (Lipinski definition) is 2. The van der Waals surface area contributed by atoms with Crippen LogP contribution in [0.4, 0.5) is 5.69 Å². The van der Waals surface area contributed by atoms with Gasteiger partial charge in [0.25, 0.3) is 0 Å². The van der Waals surface area contributed by atoms with E-state index in [9.17, 15) is 0 Å². The van der Waals surface area contributed by atoms with Crippen LogP contribution in [0.1, 0.15) is 4.88 Å². The lowest BCUT2D eigenvalue weighted by atomic mass is 10.3. The van der Waals surface area contributed by atoms with E-state index in [4.69, 9.17) is 0 Å². The standard InChI is InChI=1S/C12H12BrNS/c13-10-3-1-4-11(9-10)14-7-6-12-5-2-8-15-12/h1-5,8-9,14H,6-7H2. The van der Waals surface area contributed by atoms with Crippen LogP contribution in [0.5, 0.6) is 0 Å². The van der Waals surface area contributed by atoms with Crippen LogP contribution in [-0.2, 0) is 6.42 Å². The molecule has 1 nitrogen and oxygen atoms in total. The molecule has 1 heterocycles. The van der Waals surface area contributed by atoms with Gasteiger partial charge >= 0.3 is 0 Å². The predicted molar refractivity (Wildman–Crippen MR) is 70.7 cm³/mol. The molecule has 2 rings (SSSR count). The van der Waals surface area contributed by atoms with E-state index < -0.39 is 0 Å². The molecule has 15 heavy (non-hydrogen) atoms. The first-order valence-corrected chi connectivity index (χ1v) is 6.54. The van der Waals surface area contributed by atoms with E-state index in [1.165, 1.54) is 10.6 Å². The van der Waals surface area contributed by atoms with Crippen molar-refractivity contribution < 1.29 is 0 Å². The Bertz CT molecular complexity index is 411. The summed E-state index contributed by atoms with van der Waals surface area (Å²) < 4.78 is 1.11. The maximum Gasteiger partial charge on any atom is 0.0351 e. The van der Waals surface area contributed by atoms with Crippen molar-refractivity contribution in [2.75, 3.05) is 11.9 Å². The van der Waals surface area contributed by atoms with E-state index in [-0.39, 0.29) is 0 Å². The Morgan fingerprint density at radius 2 is 2.13 bits per heavy atom. The molecular weight excluding hydrogens is 270 g/mol. The number of halogens is 1. The van der Waals surface area contributed by atoms with Gasteiger partial charge in [-0.05, 0) is 36.1 Å². The highest BCUT2D eigenvalue weighted by Gasteiger charge is 1.95. The second-order valence-corrected chi connectivity index (χ2v) is 5.21. The molecule has 0 bridgehead atoms. The zero-order valence-corrected chi connectivity index (χ0v) is 10.6. The summed E-state index contributed by atoms with van der Waals surface area (Å²) in [4.78, 5) is 1.43. The number of thiophene rings is 1. The zero-order valence-electron chi connectivity index (χ0n) is 8.24. The normalized spacial score (nSPS) is 10.2. The van der Waals surface area contributed by atoms with Crippen molar-refractivity contribution in [2.24, 2.45) is 0 Å². The second-order valence-electron chi connectivity index (χ2n) is 3.27. The number of anilines is 1. The molecule has 0 aliphatic rings. The van der Waals surface area contributed by atoms with Crippen molar-refractivity contribution in [1.29, 1.82) is 0 Å². The summed E-state index contributed by atoms with van der Waals surface area (Å²) in [7, 11) is 0. The lowest BCUT2D eigenvalue weighted by Gasteiger charge is -2.05. The summed E-state index contributed by atoms with van der Waals surface area (Å²) in [6.45, 7) is 0.983. The minimum atomic E-state index is 0.983. The van der Waals surface area contributed by atoms with Gasteiger partial charge in [-0.25, -0.2) is 0 Å². The number of nitrogens with one attached hydrogen (secondary N) is 1. The molecule has 1 N–H and O–H groups in total. The van der Waals surface area contributed by atoms with Gasteiger partial charge in [0.1, 0.15) is 0 Å². The van der Waals surface area contributed by atoms with E-state index in [2.05, 4.69) is 50.9 Å². The average molecular weight is 282 g/mol. The van der Waals surface area contributed by atoms with Crippen LogP contribution < -0.4 is 5.32 Å². The second kappa shape index (κ2) is 5.33. The molecule has 0 atom stereocenters. The molecule has 2 aromatic rings.